The molecule has 2 heterocycles. The molecule has 1 aromatic heterocycles. The molecule has 1 fully saturated rings. The van der Waals surface area contributed by atoms with E-state index in [2.05, 4.69) is 11.9 Å². The number of carbonyl (C=O) groups is 1. The molecule has 0 radical (unpaired) electrons. The van der Waals surface area contributed by atoms with Crippen LogP contribution >= 0.6 is 0 Å². The predicted molar refractivity (Wildman–Crippen MR) is 85.4 cm³/mol. The molecule has 0 saturated carbocycles. The van der Waals surface area contributed by atoms with Crippen LogP contribution in [0, 0.1) is 12.7 Å². The third-order valence-electron chi connectivity index (χ3n) is 4.48. The first kappa shape index (κ1) is 15.7. The molecule has 1 aromatic carbocycles. The van der Waals surface area contributed by atoms with Crippen LogP contribution in [0.4, 0.5) is 4.39 Å². The molecule has 4 nitrogen and oxygen atoms in total. The van der Waals surface area contributed by atoms with Crippen LogP contribution in [0.1, 0.15) is 37.6 Å². The first-order valence-electron chi connectivity index (χ1n) is 8.10. The monoisotopic (exact) mass is 316 g/mol. The van der Waals surface area contributed by atoms with Crippen molar-refractivity contribution in [1.82, 2.24) is 9.88 Å². The molecule has 1 aliphatic rings. The average molecular weight is 316 g/mol. The highest BCUT2D eigenvalue weighted by Crippen LogP contribution is 2.26. The second-order valence-electron chi connectivity index (χ2n) is 5.97. The Hall–Kier alpha value is -2.17. The highest BCUT2D eigenvalue weighted by atomic mass is 19.1. The number of carbonyl (C=O) groups excluding carboxylic acids is 1. The Kier molecular flexibility index (Phi) is 4.46. The number of nitrogens with zero attached hydrogens (tertiary/aromatic N) is 2. The van der Waals surface area contributed by atoms with Gasteiger partial charge >= 0.3 is 0 Å². The van der Waals surface area contributed by atoms with Crippen molar-refractivity contribution in [2.75, 3.05) is 6.54 Å². The highest BCUT2D eigenvalue weighted by Gasteiger charge is 2.28. The Bertz CT molecular complexity index is 711. The molecule has 122 valence electrons. The number of aromatic nitrogens is 1. The first-order chi connectivity index (χ1) is 11.1. The van der Waals surface area contributed by atoms with Gasteiger partial charge in [-0.05, 0) is 38.3 Å². The molecular weight excluding hydrogens is 295 g/mol. The topological polar surface area (TPSA) is 46.3 Å². The van der Waals surface area contributed by atoms with Crippen LogP contribution in [0.5, 0.6) is 0 Å². The number of rotatable bonds is 4. The summed E-state index contributed by atoms with van der Waals surface area (Å²) in [5.74, 6) is 0.503. The summed E-state index contributed by atoms with van der Waals surface area (Å²) in [5, 5.41) is 0. The minimum Gasteiger partial charge on any atom is -0.441 e. The number of oxazole rings is 1. The van der Waals surface area contributed by atoms with Gasteiger partial charge in [-0.25, -0.2) is 9.37 Å². The standard InChI is InChI=1S/C18H21FN2O2/c1-3-13-7-6-10-21(13)17(22)11-16-12(2)23-18(20-16)14-8-4-5-9-15(14)19/h4-5,8-9,13H,3,6-7,10-11H2,1-2H3. The van der Waals surface area contributed by atoms with E-state index in [1.165, 1.54) is 6.07 Å². The SMILES string of the molecule is CCC1CCCN1C(=O)Cc1nc(-c2ccccc2F)oc1C. The number of benzene rings is 1. The van der Waals surface area contributed by atoms with Crippen molar-refractivity contribution in [1.29, 1.82) is 0 Å². The molecule has 1 amide bonds. The Balaban J connectivity index is 1.79. The zero-order valence-corrected chi connectivity index (χ0v) is 13.5. The summed E-state index contributed by atoms with van der Waals surface area (Å²) in [6, 6.07) is 6.69. The van der Waals surface area contributed by atoms with Crippen LogP contribution in [-0.2, 0) is 11.2 Å². The summed E-state index contributed by atoms with van der Waals surface area (Å²) in [6.07, 6.45) is 3.31. The lowest BCUT2D eigenvalue weighted by atomic mass is 10.1. The van der Waals surface area contributed by atoms with Gasteiger partial charge in [-0.15, -0.1) is 0 Å². The number of hydrogen-bond donors (Lipinski definition) is 0. The third-order valence-corrected chi connectivity index (χ3v) is 4.48. The van der Waals surface area contributed by atoms with E-state index in [0.717, 1.165) is 25.8 Å². The van der Waals surface area contributed by atoms with Crippen LogP contribution in [0.3, 0.4) is 0 Å². The molecule has 23 heavy (non-hydrogen) atoms. The van der Waals surface area contributed by atoms with Crippen LogP contribution < -0.4 is 0 Å². The van der Waals surface area contributed by atoms with E-state index in [9.17, 15) is 9.18 Å². The molecule has 0 bridgehead atoms. The van der Waals surface area contributed by atoms with Crippen molar-refractivity contribution in [3.63, 3.8) is 0 Å². The van der Waals surface area contributed by atoms with Crippen molar-refractivity contribution in [2.45, 2.75) is 45.6 Å². The van der Waals surface area contributed by atoms with Gasteiger partial charge in [-0.3, -0.25) is 4.79 Å². The normalized spacial score (nSPS) is 17.7. The third kappa shape index (κ3) is 3.14. The number of halogens is 1. The highest BCUT2D eigenvalue weighted by molar-refractivity contribution is 5.79. The molecule has 2 aromatic rings. The zero-order chi connectivity index (χ0) is 16.4. The van der Waals surface area contributed by atoms with E-state index in [4.69, 9.17) is 4.42 Å². The van der Waals surface area contributed by atoms with Gasteiger partial charge in [0.2, 0.25) is 11.8 Å². The quantitative estimate of drug-likeness (QED) is 0.863. The second kappa shape index (κ2) is 6.52. The van der Waals surface area contributed by atoms with E-state index in [0.29, 0.717) is 23.1 Å². The van der Waals surface area contributed by atoms with E-state index in [1.807, 2.05) is 4.90 Å². The molecule has 1 atom stereocenters. The fourth-order valence-electron chi connectivity index (χ4n) is 3.18. The average Bonchev–Trinajstić information content (AvgIpc) is 3.15. The largest absolute Gasteiger partial charge is 0.441 e. The smallest absolute Gasteiger partial charge is 0.229 e. The van der Waals surface area contributed by atoms with Gasteiger partial charge in [-0.2, -0.15) is 0 Å². The lowest BCUT2D eigenvalue weighted by Gasteiger charge is -2.23. The van der Waals surface area contributed by atoms with Gasteiger partial charge < -0.3 is 9.32 Å². The second-order valence-corrected chi connectivity index (χ2v) is 5.97. The van der Waals surface area contributed by atoms with Crippen molar-refractivity contribution in [3.8, 4) is 11.5 Å². The summed E-state index contributed by atoms with van der Waals surface area (Å²) in [7, 11) is 0. The van der Waals surface area contributed by atoms with Crippen molar-refractivity contribution in [2.24, 2.45) is 0 Å². The van der Waals surface area contributed by atoms with Gasteiger partial charge in [0.1, 0.15) is 11.6 Å². The molecule has 1 saturated heterocycles. The van der Waals surface area contributed by atoms with Gasteiger partial charge in [0.25, 0.3) is 0 Å². The Morgan fingerprint density at radius 2 is 2.22 bits per heavy atom. The summed E-state index contributed by atoms with van der Waals surface area (Å²) in [4.78, 5) is 18.8. The van der Waals surface area contributed by atoms with Gasteiger partial charge in [0, 0.05) is 12.6 Å². The van der Waals surface area contributed by atoms with E-state index in [-0.39, 0.29) is 24.0 Å². The summed E-state index contributed by atoms with van der Waals surface area (Å²) in [5.41, 5.74) is 0.914. The van der Waals surface area contributed by atoms with Crippen LogP contribution in [0.15, 0.2) is 28.7 Å². The Morgan fingerprint density at radius 3 is 2.96 bits per heavy atom. The van der Waals surface area contributed by atoms with Crippen molar-refractivity contribution >= 4 is 5.91 Å². The van der Waals surface area contributed by atoms with Crippen molar-refractivity contribution in [3.05, 3.63) is 41.5 Å². The Morgan fingerprint density at radius 1 is 1.43 bits per heavy atom. The lowest BCUT2D eigenvalue weighted by Crippen LogP contribution is -2.36. The lowest BCUT2D eigenvalue weighted by molar-refractivity contribution is -0.131. The van der Waals surface area contributed by atoms with Crippen LogP contribution in [-0.4, -0.2) is 28.4 Å². The van der Waals surface area contributed by atoms with Gasteiger partial charge in [-0.1, -0.05) is 19.1 Å². The fourth-order valence-corrected chi connectivity index (χ4v) is 3.18. The number of likely N-dealkylation sites (tertiary alicyclic amines) is 1. The minimum absolute atomic E-state index is 0.0748. The maximum atomic E-state index is 13.8. The fraction of sp³-hybridized carbons (Fsp3) is 0.444. The maximum absolute atomic E-state index is 13.8. The molecular formula is C18H21FN2O2. The zero-order valence-electron chi connectivity index (χ0n) is 13.5. The van der Waals surface area contributed by atoms with E-state index in [1.54, 1.807) is 25.1 Å². The molecule has 1 aliphatic heterocycles. The van der Waals surface area contributed by atoms with Gasteiger partial charge in [0.15, 0.2) is 0 Å². The molecule has 0 N–H and O–H groups in total. The summed E-state index contributed by atoms with van der Waals surface area (Å²) < 4.78 is 19.4. The Labute approximate surface area is 135 Å². The van der Waals surface area contributed by atoms with E-state index >= 15 is 0 Å². The molecule has 0 spiro atoms. The minimum atomic E-state index is -0.378. The molecule has 5 heteroatoms. The molecule has 3 rings (SSSR count). The van der Waals surface area contributed by atoms with Crippen LogP contribution in [0.2, 0.25) is 0 Å². The number of hydrogen-bond acceptors (Lipinski definition) is 3. The molecule has 1 unspecified atom stereocenters. The van der Waals surface area contributed by atoms with Gasteiger partial charge in [0.05, 0.1) is 17.7 Å². The van der Waals surface area contributed by atoms with E-state index < -0.39 is 0 Å². The number of aryl methyl sites for hydroxylation is 1. The molecule has 0 aliphatic carbocycles. The number of amides is 1. The first-order valence-corrected chi connectivity index (χ1v) is 8.10. The van der Waals surface area contributed by atoms with Crippen LogP contribution in [0.25, 0.3) is 11.5 Å². The summed E-state index contributed by atoms with van der Waals surface area (Å²) in [6.45, 7) is 4.68. The predicted octanol–water partition coefficient (Wildman–Crippen LogP) is 3.73. The summed E-state index contributed by atoms with van der Waals surface area (Å²) >= 11 is 0. The van der Waals surface area contributed by atoms with Crippen molar-refractivity contribution < 1.29 is 13.6 Å². The maximum Gasteiger partial charge on any atom is 0.229 e.